The third-order valence-electron chi connectivity index (χ3n) is 4.42. The van der Waals surface area contributed by atoms with Crippen LogP contribution in [0.4, 0.5) is 0 Å². The van der Waals surface area contributed by atoms with Crippen LogP contribution in [0.3, 0.4) is 0 Å². The summed E-state index contributed by atoms with van der Waals surface area (Å²) in [6, 6.07) is 0. The minimum atomic E-state index is 0.311. The summed E-state index contributed by atoms with van der Waals surface area (Å²) in [6.07, 6.45) is 4.85. The zero-order valence-corrected chi connectivity index (χ0v) is 7.34. The second kappa shape index (κ2) is 1.66. The highest BCUT2D eigenvalue weighted by Gasteiger charge is 2.62. The van der Waals surface area contributed by atoms with E-state index < -0.39 is 0 Å². The average molecular weight is 152 g/mol. The highest BCUT2D eigenvalue weighted by Crippen LogP contribution is 2.60. The zero-order valence-electron chi connectivity index (χ0n) is 7.34. The van der Waals surface area contributed by atoms with Gasteiger partial charge in [-0.05, 0) is 38.0 Å². The van der Waals surface area contributed by atoms with Crippen LogP contribution < -0.4 is 0 Å². The lowest BCUT2D eigenvalue weighted by Gasteiger charge is -2.52. The van der Waals surface area contributed by atoms with Crippen LogP contribution in [0.1, 0.15) is 33.1 Å². The number of rotatable bonds is 0. The van der Waals surface area contributed by atoms with Gasteiger partial charge < -0.3 is 4.74 Å². The van der Waals surface area contributed by atoms with Gasteiger partial charge in [0.15, 0.2) is 0 Å². The molecule has 3 fully saturated rings. The Balaban J connectivity index is 1.97. The van der Waals surface area contributed by atoms with Crippen LogP contribution >= 0.6 is 0 Å². The fraction of sp³-hybridized carbons (Fsp3) is 1.00. The van der Waals surface area contributed by atoms with Gasteiger partial charge in [0.25, 0.3) is 0 Å². The van der Waals surface area contributed by atoms with Gasteiger partial charge >= 0.3 is 0 Å². The van der Waals surface area contributed by atoms with Crippen LogP contribution in [0.2, 0.25) is 0 Å². The maximum Gasteiger partial charge on any atom is 0.0711 e. The van der Waals surface area contributed by atoms with Crippen molar-refractivity contribution in [3.8, 4) is 0 Å². The maximum atomic E-state index is 5.95. The Morgan fingerprint density at radius 1 is 1.45 bits per heavy atom. The normalized spacial score (nSPS) is 66.0. The lowest BCUT2D eigenvalue weighted by Crippen LogP contribution is -2.56. The molecule has 3 aliphatic rings. The monoisotopic (exact) mass is 152 g/mol. The van der Waals surface area contributed by atoms with E-state index in [-0.39, 0.29) is 0 Å². The van der Waals surface area contributed by atoms with Crippen molar-refractivity contribution in [2.75, 3.05) is 0 Å². The summed E-state index contributed by atoms with van der Waals surface area (Å²) in [6.45, 7) is 4.68. The minimum absolute atomic E-state index is 0.311. The standard InChI is InChI=1S/C10H16O/c1-6-7-3-4-10(2)8(5-7)9(6)11-10/h6-9H,3-5H2,1-2H3/t6-,7+,8-,9+,10-/m1/s1. The van der Waals surface area contributed by atoms with Gasteiger partial charge in [-0.3, -0.25) is 0 Å². The van der Waals surface area contributed by atoms with Crippen LogP contribution in [0.25, 0.3) is 0 Å². The summed E-state index contributed by atoms with van der Waals surface area (Å²) in [5, 5.41) is 0. The second-order valence-corrected chi connectivity index (χ2v) is 4.90. The van der Waals surface area contributed by atoms with E-state index in [0.29, 0.717) is 11.7 Å². The van der Waals surface area contributed by atoms with E-state index in [4.69, 9.17) is 4.74 Å². The summed E-state index contributed by atoms with van der Waals surface area (Å²) >= 11 is 0. The Kier molecular flexibility index (Phi) is 0.976. The Hall–Kier alpha value is -0.0400. The highest BCUT2D eigenvalue weighted by atomic mass is 16.5. The Labute approximate surface area is 68.1 Å². The molecule has 0 aromatic rings. The Bertz CT molecular complexity index is 201. The van der Waals surface area contributed by atoms with Crippen molar-refractivity contribution in [2.45, 2.75) is 44.8 Å². The van der Waals surface area contributed by atoms with E-state index in [1.54, 1.807) is 0 Å². The Morgan fingerprint density at radius 3 is 3.00 bits per heavy atom. The van der Waals surface area contributed by atoms with Gasteiger partial charge in [0, 0.05) is 5.92 Å². The molecule has 1 heteroatoms. The molecule has 3 rings (SSSR count). The van der Waals surface area contributed by atoms with Crippen molar-refractivity contribution in [3.63, 3.8) is 0 Å². The van der Waals surface area contributed by atoms with E-state index in [1.807, 2.05) is 0 Å². The highest BCUT2D eigenvalue weighted by molar-refractivity contribution is 5.10. The molecule has 1 saturated heterocycles. The number of hydrogen-bond donors (Lipinski definition) is 0. The quantitative estimate of drug-likeness (QED) is 0.517. The van der Waals surface area contributed by atoms with E-state index in [2.05, 4.69) is 13.8 Å². The summed E-state index contributed by atoms with van der Waals surface area (Å²) in [4.78, 5) is 0. The molecule has 2 saturated carbocycles. The predicted octanol–water partition coefficient (Wildman–Crippen LogP) is 2.21. The molecule has 1 heterocycles. The van der Waals surface area contributed by atoms with Crippen LogP contribution in [0, 0.1) is 17.8 Å². The summed E-state index contributed by atoms with van der Waals surface area (Å²) < 4.78 is 5.95. The van der Waals surface area contributed by atoms with Gasteiger partial charge in [-0.1, -0.05) is 6.92 Å². The fourth-order valence-electron chi connectivity index (χ4n) is 3.52. The van der Waals surface area contributed by atoms with E-state index >= 15 is 0 Å². The van der Waals surface area contributed by atoms with Crippen molar-refractivity contribution >= 4 is 0 Å². The van der Waals surface area contributed by atoms with Gasteiger partial charge in [-0.25, -0.2) is 0 Å². The smallest absolute Gasteiger partial charge is 0.0711 e. The molecule has 0 N–H and O–H groups in total. The van der Waals surface area contributed by atoms with Crippen LogP contribution in [-0.2, 0) is 4.74 Å². The van der Waals surface area contributed by atoms with E-state index in [0.717, 1.165) is 17.8 Å². The number of fused-ring (bicyclic) bond motifs is 1. The third kappa shape index (κ3) is 0.581. The van der Waals surface area contributed by atoms with Crippen LogP contribution in [0.5, 0.6) is 0 Å². The lowest BCUT2D eigenvalue weighted by atomic mass is 9.73. The Morgan fingerprint density at radius 2 is 2.27 bits per heavy atom. The first-order valence-corrected chi connectivity index (χ1v) is 4.88. The van der Waals surface area contributed by atoms with Gasteiger partial charge in [0.2, 0.25) is 0 Å². The molecule has 0 aromatic heterocycles. The molecular weight excluding hydrogens is 136 g/mol. The van der Waals surface area contributed by atoms with Crippen molar-refractivity contribution in [1.82, 2.24) is 0 Å². The maximum absolute atomic E-state index is 5.95. The first kappa shape index (κ1) is 6.47. The number of hydrogen-bond acceptors (Lipinski definition) is 1. The van der Waals surface area contributed by atoms with Crippen LogP contribution in [-0.4, -0.2) is 11.7 Å². The van der Waals surface area contributed by atoms with Gasteiger partial charge in [-0.15, -0.1) is 0 Å². The molecule has 0 aromatic carbocycles. The number of ether oxygens (including phenoxy) is 1. The van der Waals surface area contributed by atoms with Gasteiger partial charge in [0.05, 0.1) is 11.7 Å². The van der Waals surface area contributed by atoms with E-state index in [9.17, 15) is 0 Å². The minimum Gasteiger partial charge on any atom is -0.371 e. The first-order valence-electron chi connectivity index (χ1n) is 4.88. The summed E-state index contributed by atoms with van der Waals surface area (Å²) in [5.41, 5.74) is 0.311. The molecule has 0 unspecified atom stereocenters. The summed E-state index contributed by atoms with van der Waals surface area (Å²) in [7, 11) is 0. The molecule has 11 heavy (non-hydrogen) atoms. The predicted molar refractivity (Wildman–Crippen MR) is 43.3 cm³/mol. The SMILES string of the molecule is C[C@@H]1[C@H]2CC[C@@]3(C)O[C@@H]1[C@H]3C2. The summed E-state index contributed by atoms with van der Waals surface area (Å²) in [5.74, 6) is 2.78. The molecule has 1 aliphatic heterocycles. The molecule has 1 nitrogen and oxygen atoms in total. The van der Waals surface area contributed by atoms with Crippen molar-refractivity contribution < 1.29 is 4.74 Å². The molecule has 0 radical (unpaired) electrons. The van der Waals surface area contributed by atoms with Crippen molar-refractivity contribution in [1.29, 1.82) is 0 Å². The second-order valence-electron chi connectivity index (χ2n) is 4.90. The molecular formula is C10H16O. The zero-order chi connectivity index (χ0) is 7.64. The topological polar surface area (TPSA) is 9.23 Å². The lowest BCUT2D eigenvalue weighted by molar-refractivity contribution is -0.249. The fourth-order valence-corrected chi connectivity index (χ4v) is 3.52. The molecule has 0 amide bonds. The molecule has 5 atom stereocenters. The third-order valence-corrected chi connectivity index (χ3v) is 4.42. The average Bonchev–Trinajstić information content (AvgIpc) is 2.08. The van der Waals surface area contributed by atoms with Gasteiger partial charge in [-0.2, -0.15) is 0 Å². The van der Waals surface area contributed by atoms with Crippen molar-refractivity contribution in [2.24, 2.45) is 17.8 Å². The largest absolute Gasteiger partial charge is 0.371 e. The van der Waals surface area contributed by atoms with Gasteiger partial charge in [0.1, 0.15) is 0 Å². The van der Waals surface area contributed by atoms with Crippen LogP contribution in [0.15, 0.2) is 0 Å². The molecule has 0 spiro atoms. The molecule has 2 bridgehead atoms. The van der Waals surface area contributed by atoms with E-state index in [1.165, 1.54) is 19.3 Å². The first-order chi connectivity index (χ1) is 5.21. The van der Waals surface area contributed by atoms with Crippen molar-refractivity contribution in [3.05, 3.63) is 0 Å². The molecule has 62 valence electrons. The molecule has 2 aliphatic carbocycles.